The molecule has 134 valence electrons. The summed E-state index contributed by atoms with van der Waals surface area (Å²) in [5.74, 6) is 1.29. The van der Waals surface area contributed by atoms with Crippen molar-refractivity contribution in [3.63, 3.8) is 0 Å². The van der Waals surface area contributed by atoms with Crippen molar-refractivity contribution >= 4 is 22.6 Å². The average Bonchev–Trinajstić information content (AvgIpc) is 3.07. The van der Waals surface area contributed by atoms with Crippen LogP contribution in [-0.2, 0) is 11.3 Å². The Kier molecular flexibility index (Phi) is 4.53. The normalized spacial score (nSPS) is 10.7. The molecule has 6 heteroatoms. The molecule has 4 rings (SSSR count). The molecule has 2 aromatic heterocycles. The highest BCUT2D eigenvalue weighted by Gasteiger charge is 2.15. The van der Waals surface area contributed by atoms with Crippen molar-refractivity contribution in [2.75, 3.05) is 12.4 Å². The summed E-state index contributed by atoms with van der Waals surface area (Å²) in [5.41, 5.74) is 3.35. The monoisotopic (exact) mass is 358 g/mol. The van der Waals surface area contributed by atoms with E-state index < -0.39 is 0 Å². The summed E-state index contributed by atoms with van der Waals surface area (Å²) < 4.78 is 7.12. The lowest BCUT2D eigenvalue weighted by Crippen LogP contribution is -2.19. The number of benzene rings is 2. The Labute approximate surface area is 156 Å². The fraction of sp³-hybridized carbons (Fsp3) is 0.0952. The molecule has 2 aromatic carbocycles. The van der Waals surface area contributed by atoms with E-state index in [4.69, 9.17) is 9.72 Å². The third kappa shape index (κ3) is 3.50. The maximum absolute atomic E-state index is 12.7. The summed E-state index contributed by atoms with van der Waals surface area (Å²) in [5, 5.41) is 2.92. The molecular formula is C21H18N4O2. The minimum atomic E-state index is -0.137. The molecule has 2 heterocycles. The van der Waals surface area contributed by atoms with Gasteiger partial charge in [0.15, 0.2) is 0 Å². The van der Waals surface area contributed by atoms with Gasteiger partial charge in [-0.15, -0.1) is 0 Å². The number of rotatable bonds is 5. The lowest BCUT2D eigenvalue weighted by Gasteiger charge is -2.11. The molecule has 0 aliphatic carbocycles. The highest BCUT2D eigenvalue weighted by atomic mass is 16.5. The van der Waals surface area contributed by atoms with Gasteiger partial charge < -0.3 is 14.6 Å². The minimum absolute atomic E-state index is 0.137. The molecule has 0 spiro atoms. The molecule has 0 aliphatic heterocycles. The number of carbonyl (C=O) groups is 1. The molecule has 6 nitrogen and oxygen atoms in total. The van der Waals surface area contributed by atoms with Crippen molar-refractivity contribution < 1.29 is 9.53 Å². The summed E-state index contributed by atoms with van der Waals surface area (Å²) in [6.45, 7) is 0.148. The molecule has 0 saturated heterocycles. The third-order valence-corrected chi connectivity index (χ3v) is 4.25. The number of amides is 1. The number of anilines is 1. The number of hydrogen-bond acceptors (Lipinski definition) is 4. The predicted molar refractivity (Wildman–Crippen MR) is 105 cm³/mol. The van der Waals surface area contributed by atoms with Crippen LogP contribution in [0.1, 0.15) is 0 Å². The molecule has 0 fully saturated rings. The Hall–Kier alpha value is -3.67. The van der Waals surface area contributed by atoms with Gasteiger partial charge in [-0.2, -0.15) is 0 Å². The number of nitrogens with one attached hydrogen (secondary N) is 1. The zero-order chi connectivity index (χ0) is 18.6. The summed E-state index contributed by atoms with van der Waals surface area (Å²) >= 11 is 0. The maximum atomic E-state index is 12.7. The van der Waals surface area contributed by atoms with Gasteiger partial charge in [0.25, 0.3) is 0 Å². The van der Waals surface area contributed by atoms with E-state index in [0.717, 1.165) is 22.4 Å². The van der Waals surface area contributed by atoms with Crippen molar-refractivity contribution in [2.45, 2.75) is 6.54 Å². The minimum Gasteiger partial charge on any atom is -0.497 e. The second kappa shape index (κ2) is 7.29. The Morgan fingerprint density at radius 1 is 1.07 bits per heavy atom. The van der Waals surface area contributed by atoms with Crippen LogP contribution in [0.5, 0.6) is 5.75 Å². The number of aromatic nitrogens is 3. The molecule has 0 aliphatic rings. The first-order chi connectivity index (χ1) is 13.2. The summed E-state index contributed by atoms with van der Waals surface area (Å²) in [4.78, 5) is 21.5. The smallest absolute Gasteiger partial charge is 0.244 e. The van der Waals surface area contributed by atoms with Crippen LogP contribution in [0.3, 0.4) is 0 Å². The Morgan fingerprint density at radius 2 is 1.89 bits per heavy atom. The van der Waals surface area contributed by atoms with Gasteiger partial charge in [-0.1, -0.05) is 18.2 Å². The van der Waals surface area contributed by atoms with Gasteiger partial charge in [-0.3, -0.25) is 9.78 Å². The van der Waals surface area contributed by atoms with Gasteiger partial charge in [-0.25, -0.2) is 4.98 Å². The fourth-order valence-corrected chi connectivity index (χ4v) is 3.00. The topological polar surface area (TPSA) is 69.0 Å². The number of imidazole rings is 1. The largest absolute Gasteiger partial charge is 0.497 e. The first-order valence-electron chi connectivity index (χ1n) is 8.54. The molecule has 0 atom stereocenters. The number of para-hydroxylation sites is 2. The first kappa shape index (κ1) is 16.8. The van der Waals surface area contributed by atoms with Crippen molar-refractivity contribution in [2.24, 2.45) is 0 Å². The molecule has 1 N–H and O–H groups in total. The lowest BCUT2D eigenvalue weighted by molar-refractivity contribution is -0.116. The van der Waals surface area contributed by atoms with E-state index in [2.05, 4.69) is 10.3 Å². The van der Waals surface area contributed by atoms with E-state index in [0.29, 0.717) is 11.4 Å². The summed E-state index contributed by atoms with van der Waals surface area (Å²) in [6, 6.07) is 18.8. The van der Waals surface area contributed by atoms with Crippen LogP contribution in [0.15, 0.2) is 73.1 Å². The highest BCUT2D eigenvalue weighted by Crippen LogP contribution is 2.24. The van der Waals surface area contributed by atoms with E-state index in [1.165, 1.54) is 0 Å². The molecule has 0 saturated carbocycles. The van der Waals surface area contributed by atoms with E-state index in [-0.39, 0.29) is 12.5 Å². The van der Waals surface area contributed by atoms with Gasteiger partial charge in [0.05, 0.1) is 18.1 Å². The molecule has 0 unspecified atom stereocenters. The van der Waals surface area contributed by atoms with E-state index >= 15 is 0 Å². The van der Waals surface area contributed by atoms with Crippen molar-refractivity contribution in [1.82, 2.24) is 14.5 Å². The van der Waals surface area contributed by atoms with E-state index in [1.54, 1.807) is 25.6 Å². The van der Waals surface area contributed by atoms with Crippen LogP contribution >= 0.6 is 0 Å². The number of pyridine rings is 1. The van der Waals surface area contributed by atoms with Crippen LogP contribution in [0.2, 0.25) is 0 Å². The van der Waals surface area contributed by atoms with Gasteiger partial charge in [0, 0.05) is 29.7 Å². The quantitative estimate of drug-likeness (QED) is 0.590. The predicted octanol–water partition coefficient (Wildman–Crippen LogP) is 3.75. The zero-order valence-corrected chi connectivity index (χ0v) is 14.8. The van der Waals surface area contributed by atoms with E-state index in [9.17, 15) is 4.79 Å². The number of hydrogen-bond donors (Lipinski definition) is 1. The number of nitrogens with zero attached hydrogens (tertiary/aromatic N) is 3. The van der Waals surface area contributed by atoms with Crippen LogP contribution in [-0.4, -0.2) is 27.6 Å². The molecule has 27 heavy (non-hydrogen) atoms. The standard InChI is InChI=1S/C21H18N4O2/c1-27-17-6-4-5-16(13-17)23-20(26)14-25-19-8-3-2-7-18(19)24-21(25)15-9-11-22-12-10-15/h2-13H,14H2,1H3,(H,23,26). The van der Waals surface area contributed by atoms with Crippen LogP contribution in [0.4, 0.5) is 5.69 Å². The molecule has 4 aromatic rings. The average molecular weight is 358 g/mol. The number of methoxy groups -OCH3 is 1. The number of fused-ring (bicyclic) bond motifs is 1. The van der Waals surface area contributed by atoms with Gasteiger partial charge >= 0.3 is 0 Å². The van der Waals surface area contributed by atoms with Gasteiger partial charge in [-0.05, 0) is 36.4 Å². The maximum Gasteiger partial charge on any atom is 0.244 e. The van der Waals surface area contributed by atoms with Gasteiger partial charge in [0.2, 0.25) is 5.91 Å². The summed E-state index contributed by atoms with van der Waals surface area (Å²) in [6.07, 6.45) is 3.44. The van der Waals surface area contributed by atoms with Crippen molar-refractivity contribution in [3.05, 3.63) is 73.1 Å². The number of carbonyl (C=O) groups excluding carboxylic acids is 1. The number of ether oxygens (including phenoxy) is 1. The molecule has 1 amide bonds. The highest BCUT2D eigenvalue weighted by molar-refractivity contribution is 5.92. The second-order valence-corrected chi connectivity index (χ2v) is 6.03. The lowest BCUT2D eigenvalue weighted by atomic mass is 10.2. The fourth-order valence-electron chi connectivity index (χ4n) is 3.00. The van der Waals surface area contributed by atoms with Crippen molar-refractivity contribution in [3.8, 4) is 17.1 Å². The zero-order valence-electron chi connectivity index (χ0n) is 14.8. The molecule has 0 bridgehead atoms. The second-order valence-electron chi connectivity index (χ2n) is 6.03. The molecular weight excluding hydrogens is 340 g/mol. The third-order valence-electron chi connectivity index (χ3n) is 4.25. The Balaban J connectivity index is 1.67. The van der Waals surface area contributed by atoms with E-state index in [1.807, 2.05) is 59.2 Å². The van der Waals surface area contributed by atoms with Crippen LogP contribution in [0, 0.1) is 0 Å². The Bertz CT molecular complexity index is 1090. The Morgan fingerprint density at radius 3 is 2.70 bits per heavy atom. The summed E-state index contributed by atoms with van der Waals surface area (Å²) in [7, 11) is 1.60. The van der Waals surface area contributed by atoms with Crippen molar-refractivity contribution in [1.29, 1.82) is 0 Å². The molecule has 0 radical (unpaired) electrons. The SMILES string of the molecule is COc1cccc(NC(=O)Cn2c(-c3ccncc3)nc3ccccc32)c1. The first-order valence-corrected chi connectivity index (χ1v) is 8.54. The van der Waals surface area contributed by atoms with Crippen LogP contribution in [0.25, 0.3) is 22.4 Å². The van der Waals surface area contributed by atoms with Crippen LogP contribution < -0.4 is 10.1 Å². The van der Waals surface area contributed by atoms with Gasteiger partial charge in [0.1, 0.15) is 18.1 Å².